The topological polar surface area (TPSA) is 83.8 Å². The van der Waals surface area contributed by atoms with Gasteiger partial charge in [0.25, 0.3) is 11.8 Å². The first-order chi connectivity index (χ1) is 16.9. The lowest BCUT2D eigenvalue weighted by Crippen LogP contribution is -2.38. The van der Waals surface area contributed by atoms with E-state index < -0.39 is 11.8 Å². The fourth-order valence-corrected chi connectivity index (χ4v) is 5.80. The van der Waals surface area contributed by atoms with Crippen molar-refractivity contribution in [3.05, 3.63) is 63.6 Å². The minimum Gasteiger partial charge on any atom is -0.508 e. The van der Waals surface area contributed by atoms with Crippen LogP contribution in [-0.2, 0) is 11.3 Å². The lowest BCUT2D eigenvalue weighted by Gasteiger charge is -2.27. The number of rotatable bonds is 4. The number of fused-ring (bicyclic) bond motifs is 5. The van der Waals surface area contributed by atoms with Gasteiger partial charge >= 0.3 is 0 Å². The van der Waals surface area contributed by atoms with Gasteiger partial charge in [-0.3, -0.25) is 19.8 Å². The quantitative estimate of drug-likeness (QED) is 0.390. The number of phenolic OH excluding ortho intramolecular Hbond substituents is 1. The third-order valence-corrected chi connectivity index (χ3v) is 7.42. The summed E-state index contributed by atoms with van der Waals surface area (Å²) in [6.07, 6.45) is 0. The monoisotopic (exact) mass is 509 g/mol. The number of halogens is 2. The standard InChI is InChI=1S/C26H21Cl2N3O4/c27-17-2-1-3-18(28)21(17)16-13-20-22(24-23(16)25(33)29-26(24)34)15-12-14(32)4-5-19(15)31(20)7-6-30-8-10-35-11-9-30/h1-5,12-13,32H,6-11H2,(H,29,33,34). The van der Waals surface area contributed by atoms with Crippen LogP contribution in [0, 0.1) is 0 Å². The molecule has 3 heterocycles. The van der Waals surface area contributed by atoms with Crippen LogP contribution >= 0.6 is 23.2 Å². The van der Waals surface area contributed by atoms with Crippen molar-refractivity contribution < 1.29 is 19.4 Å². The van der Waals surface area contributed by atoms with Crippen LogP contribution in [0.4, 0.5) is 0 Å². The predicted molar refractivity (Wildman–Crippen MR) is 136 cm³/mol. The fraction of sp³-hybridized carbons (Fsp3) is 0.231. The maximum absolute atomic E-state index is 13.1. The van der Waals surface area contributed by atoms with Gasteiger partial charge in [0.1, 0.15) is 5.75 Å². The van der Waals surface area contributed by atoms with Crippen molar-refractivity contribution in [2.75, 3.05) is 32.8 Å². The zero-order valence-electron chi connectivity index (χ0n) is 18.6. The number of carbonyl (C=O) groups is 2. The van der Waals surface area contributed by atoms with Gasteiger partial charge in [0.15, 0.2) is 0 Å². The molecule has 0 bridgehead atoms. The molecule has 2 aliphatic heterocycles. The van der Waals surface area contributed by atoms with Crippen LogP contribution in [0.15, 0.2) is 42.5 Å². The average Bonchev–Trinajstić information content (AvgIpc) is 3.31. The molecule has 0 atom stereocenters. The molecule has 35 heavy (non-hydrogen) atoms. The van der Waals surface area contributed by atoms with Crippen molar-refractivity contribution in [2.24, 2.45) is 0 Å². The number of morpholine rings is 1. The van der Waals surface area contributed by atoms with Crippen LogP contribution in [0.1, 0.15) is 20.7 Å². The minimum atomic E-state index is -0.493. The van der Waals surface area contributed by atoms with E-state index in [4.69, 9.17) is 27.9 Å². The van der Waals surface area contributed by atoms with Gasteiger partial charge in [-0.15, -0.1) is 0 Å². The van der Waals surface area contributed by atoms with E-state index in [9.17, 15) is 14.7 Å². The van der Waals surface area contributed by atoms with Crippen molar-refractivity contribution >= 4 is 56.8 Å². The zero-order valence-corrected chi connectivity index (χ0v) is 20.1. The number of benzene rings is 3. The lowest BCUT2D eigenvalue weighted by molar-refractivity contribution is 0.0366. The molecule has 0 aliphatic carbocycles. The summed E-state index contributed by atoms with van der Waals surface area (Å²) in [5.74, 6) is -0.885. The number of amides is 2. The first kappa shape index (κ1) is 22.4. The molecule has 4 aromatic rings. The second-order valence-electron chi connectivity index (χ2n) is 8.76. The van der Waals surface area contributed by atoms with Gasteiger partial charge in [-0.25, -0.2) is 0 Å². The van der Waals surface area contributed by atoms with Gasteiger partial charge in [-0.05, 0) is 36.4 Å². The molecule has 2 amide bonds. The molecule has 0 unspecified atom stereocenters. The number of nitrogens with one attached hydrogen (secondary N) is 1. The number of hydrogen-bond acceptors (Lipinski definition) is 5. The Kier molecular flexibility index (Phi) is 5.45. The van der Waals surface area contributed by atoms with Crippen LogP contribution in [0.2, 0.25) is 10.0 Å². The molecule has 1 fully saturated rings. The van der Waals surface area contributed by atoms with Gasteiger partial charge in [0.2, 0.25) is 0 Å². The molecule has 178 valence electrons. The fourth-order valence-electron chi connectivity index (χ4n) is 5.19. The maximum Gasteiger partial charge on any atom is 0.259 e. The van der Waals surface area contributed by atoms with Crippen LogP contribution in [0.25, 0.3) is 32.9 Å². The van der Waals surface area contributed by atoms with Crippen molar-refractivity contribution in [1.82, 2.24) is 14.8 Å². The Balaban J connectivity index is 1.66. The zero-order chi connectivity index (χ0) is 24.3. The third kappa shape index (κ3) is 3.58. The molecule has 2 aliphatic rings. The number of carbonyl (C=O) groups excluding carboxylic acids is 2. The molecule has 0 saturated carbocycles. The Hall–Kier alpha value is -3.10. The van der Waals surface area contributed by atoms with Crippen molar-refractivity contribution in [3.63, 3.8) is 0 Å². The highest BCUT2D eigenvalue weighted by atomic mass is 35.5. The first-order valence-electron chi connectivity index (χ1n) is 11.4. The van der Waals surface area contributed by atoms with Crippen LogP contribution in [0.3, 0.4) is 0 Å². The predicted octanol–water partition coefficient (Wildman–Crippen LogP) is 4.69. The SMILES string of the molecule is O=C1NC(=O)c2c1c(-c1c(Cl)cccc1Cl)cc1c2c2cc(O)ccc2n1CCN1CCOCC1. The number of nitrogens with zero attached hydrogens (tertiary/aromatic N) is 2. The van der Waals surface area contributed by atoms with E-state index in [1.807, 2.05) is 12.1 Å². The molecule has 0 spiro atoms. The molecule has 1 saturated heterocycles. The van der Waals surface area contributed by atoms with Gasteiger partial charge in [0.05, 0.1) is 29.9 Å². The van der Waals surface area contributed by atoms with E-state index >= 15 is 0 Å². The van der Waals surface area contributed by atoms with Gasteiger partial charge in [0, 0.05) is 63.6 Å². The summed E-state index contributed by atoms with van der Waals surface area (Å²) in [7, 11) is 0. The number of phenols is 1. The van der Waals surface area contributed by atoms with E-state index in [1.54, 1.807) is 30.3 Å². The molecule has 2 N–H and O–H groups in total. The van der Waals surface area contributed by atoms with E-state index in [2.05, 4.69) is 14.8 Å². The number of ether oxygens (including phenoxy) is 1. The van der Waals surface area contributed by atoms with Crippen molar-refractivity contribution in [2.45, 2.75) is 6.54 Å². The summed E-state index contributed by atoms with van der Waals surface area (Å²) >= 11 is 13.1. The molecule has 6 rings (SSSR count). The van der Waals surface area contributed by atoms with E-state index in [1.165, 1.54) is 0 Å². The molecule has 1 aromatic heterocycles. The van der Waals surface area contributed by atoms with E-state index in [0.29, 0.717) is 51.7 Å². The Labute approximate surface area is 210 Å². The van der Waals surface area contributed by atoms with E-state index in [-0.39, 0.29) is 16.9 Å². The lowest BCUT2D eigenvalue weighted by atomic mass is 9.92. The number of aromatic nitrogens is 1. The largest absolute Gasteiger partial charge is 0.508 e. The van der Waals surface area contributed by atoms with Gasteiger partial charge in [-0.2, -0.15) is 0 Å². The number of aromatic hydroxyl groups is 1. The molecule has 3 aromatic carbocycles. The van der Waals surface area contributed by atoms with Gasteiger partial charge in [-0.1, -0.05) is 29.3 Å². The minimum absolute atomic E-state index is 0.0847. The highest BCUT2D eigenvalue weighted by Crippen LogP contribution is 2.44. The Morgan fingerprint density at radius 2 is 1.60 bits per heavy atom. The first-order valence-corrected chi connectivity index (χ1v) is 12.1. The van der Waals surface area contributed by atoms with Crippen LogP contribution in [0.5, 0.6) is 5.75 Å². The molecular formula is C26H21Cl2N3O4. The molecule has 0 radical (unpaired) electrons. The Morgan fingerprint density at radius 1 is 0.886 bits per heavy atom. The molecule has 9 heteroatoms. The molecular weight excluding hydrogens is 489 g/mol. The average molecular weight is 510 g/mol. The summed E-state index contributed by atoms with van der Waals surface area (Å²) in [5.41, 5.74) is 3.17. The number of imide groups is 1. The summed E-state index contributed by atoms with van der Waals surface area (Å²) in [6.45, 7) is 4.54. The smallest absolute Gasteiger partial charge is 0.259 e. The Bertz CT molecular complexity index is 1520. The summed E-state index contributed by atoms with van der Waals surface area (Å²) in [5, 5.41) is 14.8. The summed E-state index contributed by atoms with van der Waals surface area (Å²) in [4.78, 5) is 28.4. The molecule has 7 nitrogen and oxygen atoms in total. The normalized spacial score (nSPS) is 16.3. The second kappa shape index (κ2) is 8.53. The Morgan fingerprint density at radius 3 is 2.34 bits per heavy atom. The summed E-state index contributed by atoms with van der Waals surface area (Å²) < 4.78 is 7.60. The van der Waals surface area contributed by atoms with Gasteiger partial charge < -0.3 is 14.4 Å². The van der Waals surface area contributed by atoms with Crippen LogP contribution in [-0.4, -0.2) is 59.2 Å². The maximum atomic E-state index is 13.1. The highest BCUT2D eigenvalue weighted by molar-refractivity contribution is 6.41. The second-order valence-corrected chi connectivity index (χ2v) is 9.57. The van der Waals surface area contributed by atoms with Crippen molar-refractivity contribution in [3.8, 4) is 16.9 Å². The van der Waals surface area contributed by atoms with Crippen LogP contribution < -0.4 is 5.32 Å². The highest BCUT2D eigenvalue weighted by Gasteiger charge is 2.35. The van der Waals surface area contributed by atoms with Crippen molar-refractivity contribution in [1.29, 1.82) is 0 Å². The summed E-state index contributed by atoms with van der Waals surface area (Å²) in [6, 6.07) is 12.1. The number of hydrogen-bond donors (Lipinski definition) is 2. The van der Waals surface area contributed by atoms with E-state index in [0.717, 1.165) is 30.7 Å². The third-order valence-electron chi connectivity index (χ3n) is 6.79.